The first-order valence-electron chi connectivity index (χ1n) is 10.5. The second-order valence-electron chi connectivity index (χ2n) is 7.43. The van der Waals surface area contributed by atoms with E-state index >= 15 is 0 Å². The summed E-state index contributed by atoms with van der Waals surface area (Å²) < 4.78 is 55.7. The monoisotopic (exact) mass is 521 g/mol. The lowest BCUT2D eigenvalue weighted by molar-refractivity contribution is -0.118. The third-order valence-corrected chi connectivity index (χ3v) is 8.28. The Balaban J connectivity index is 1.97. The van der Waals surface area contributed by atoms with Gasteiger partial charge >= 0.3 is 0 Å². The van der Waals surface area contributed by atoms with Crippen LogP contribution in [-0.2, 0) is 31.1 Å². The number of benzene rings is 3. The number of rotatable bonds is 9. The van der Waals surface area contributed by atoms with Crippen molar-refractivity contribution in [3.63, 3.8) is 0 Å². The summed E-state index contributed by atoms with van der Waals surface area (Å²) in [6, 6.07) is 18.8. The summed E-state index contributed by atoms with van der Waals surface area (Å²) in [6.07, 6.45) is -0.183. The van der Waals surface area contributed by atoms with Gasteiger partial charge in [0.15, 0.2) is 9.84 Å². The minimum Gasteiger partial charge on any atom is -0.456 e. The van der Waals surface area contributed by atoms with Gasteiger partial charge in [-0.15, -0.1) is 0 Å². The number of sulfone groups is 1. The maximum atomic E-state index is 12.3. The zero-order valence-electron chi connectivity index (χ0n) is 18.6. The lowest BCUT2D eigenvalue weighted by Crippen LogP contribution is -2.32. The van der Waals surface area contributed by atoms with Crippen LogP contribution < -0.4 is 9.46 Å². The molecule has 3 aromatic rings. The van der Waals surface area contributed by atoms with E-state index in [1.807, 2.05) is 35.1 Å². The molecule has 0 spiro atoms. The summed E-state index contributed by atoms with van der Waals surface area (Å²) in [5.41, 5.74) is 2.15. The van der Waals surface area contributed by atoms with E-state index in [-0.39, 0.29) is 33.6 Å². The highest BCUT2D eigenvalue weighted by atomic mass is 35.5. The minimum absolute atomic E-state index is 0.0537. The van der Waals surface area contributed by atoms with Gasteiger partial charge in [-0.25, -0.2) is 16.8 Å². The Morgan fingerprint density at radius 2 is 1.59 bits per heavy atom. The zero-order valence-corrected chi connectivity index (χ0v) is 21.0. The molecule has 0 radical (unpaired) electrons. The van der Waals surface area contributed by atoms with E-state index in [0.29, 0.717) is 11.3 Å². The highest BCUT2D eigenvalue weighted by Crippen LogP contribution is 2.34. The van der Waals surface area contributed by atoms with Gasteiger partial charge < -0.3 is 4.74 Å². The SMILES string of the molecule is CCS(=O)(=O)NC(=O)Cc1cc(Oc2ccc(S(=O)(=O)CC)cc2Cl)cc(-c2ccccc2)c1. The Morgan fingerprint density at radius 1 is 0.882 bits per heavy atom. The second-order valence-corrected chi connectivity index (χ2v) is 12.1. The number of sulfonamides is 1. The van der Waals surface area contributed by atoms with Crippen molar-refractivity contribution in [2.24, 2.45) is 0 Å². The molecule has 0 saturated carbocycles. The fraction of sp³-hybridized carbons (Fsp3) is 0.208. The molecule has 0 atom stereocenters. The van der Waals surface area contributed by atoms with Crippen molar-refractivity contribution in [3.8, 4) is 22.6 Å². The molecule has 0 aliphatic heterocycles. The van der Waals surface area contributed by atoms with Gasteiger partial charge in [0.2, 0.25) is 15.9 Å². The summed E-state index contributed by atoms with van der Waals surface area (Å²) >= 11 is 6.29. The molecule has 1 amide bonds. The Bertz CT molecular complexity index is 1400. The maximum absolute atomic E-state index is 12.3. The first-order valence-corrected chi connectivity index (χ1v) is 14.1. The van der Waals surface area contributed by atoms with Crippen molar-refractivity contribution in [1.29, 1.82) is 0 Å². The van der Waals surface area contributed by atoms with Gasteiger partial charge in [0, 0.05) is 0 Å². The van der Waals surface area contributed by atoms with Crippen LogP contribution in [0.4, 0.5) is 0 Å². The Hall–Kier alpha value is -2.88. The van der Waals surface area contributed by atoms with Crippen LogP contribution in [0.15, 0.2) is 71.6 Å². The largest absolute Gasteiger partial charge is 0.456 e. The number of nitrogens with one attached hydrogen (secondary N) is 1. The predicted octanol–water partition coefficient (Wildman–Crippen LogP) is 4.60. The first-order chi connectivity index (χ1) is 16.0. The molecule has 0 unspecified atom stereocenters. The fourth-order valence-electron chi connectivity index (χ4n) is 3.14. The number of halogens is 1. The van der Waals surface area contributed by atoms with Crippen LogP contribution in [0.1, 0.15) is 19.4 Å². The summed E-state index contributed by atoms with van der Waals surface area (Å²) in [5, 5.41) is 0.118. The van der Waals surface area contributed by atoms with Crippen LogP contribution in [0.25, 0.3) is 11.1 Å². The van der Waals surface area contributed by atoms with Crippen LogP contribution in [-0.4, -0.2) is 34.2 Å². The molecule has 0 fully saturated rings. The molecule has 0 saturated heterocycles. The summed E-state index contributed by atoms with van der Waals surface area (Å²) in [7, 11) is -7.11. The second kappa shape index (κ2) is 10.6. The van der Waals surface area contributed by atoms with Gasteiger partial charge in [-0.3, -0.25) is 9.52 Å². The van der Waals surface area contributed by atoms with Crippen LogP contribution in [0.3, 0.4) is 0 Å². The van der Waals surface area contributed by atoms with Gasteiger partial charge in [-0.2, -0.15) is 0 Å². The number of carbonyl (C=O) groups is 1. The lowest BCUT2D eigenvalue weighted by Gasteiger charge is -2.13. The molecule has 10 heteroatoms. The summed E-state index contributed by atoms with van der Waals surface area (Å²) in [4.78, 5) is 12.4. The summed E-state index contributed by atoms with van der Waals surface area (Å²) in [5.74, 6) is -0.326. The molecule has 34 heavy (non-hydrogen) atoms. The van der Waals surface area contributed by atoms with E-state index in [9.17, 15) is 21.6 Å². The molecule has 0 aliphatic rings. The topological polar surface area (TPSA) is 107 Å². The smallest absolute Gasteiger partial charge is 0.237 e. The normalized spacial score (nSPS) is 11.7. The van der Waals surface area contributed by atoms with Crippen molar-refractivity contribution in [1.82, 2.24) is 4.72 Å². The Morgan fingerprint density at radius 3 is 2.21 bits per heavy atom. The highest BCUT2D eigenvalue weighted by Gasteiger charge is 2.16. The third-order valence-electron chi connectivity index (χ3n) is 4.96. The molecule has 3 aromatic carbocycles. The molecule has 180 valence electrons. The van der Waals surface area contributed by atoms with E-state index in [1.165, 1.54) is 25.1 Å². The van der Waals surface area contributed by atoms with Crippen molar-refractivity contribution < 1.29 is 26.4 Å². The predicted molar refractivity (Wildman–Crippen MR) is 132 cm³/mol. The first kappa shape index (κ1) is 25.7. The molecule has 1 N–H and O–H groups in total. The number of carbonyl (C=O) groups excluding carboxylic acids is 1. The lowest BCUT2D eigenvalue weighted by atomic mass is 10.0. The van der Waals surface area contributed by atoms with Crippen molar-refractivity contribution in [2.75, 3.05) is 11.5 Å². The van der Waals surface area contributed by atoms with Crippen LogP contribution in [0.2, 0.25) is 5.02 Å². The van der Waals surface area contributed by atoms with Gasteiger partial charge in [-0.1, -0.05) is 54.9 Å². The molecule has 3 rings (SSSR count). The fourth-order valence-corrected chi connectivity index (χ4v) is 4.89. The van der Waals surface area contributed by atoms with E-state index in [2.05, 4.69) is 0 Å². The average molecular weight is 522 g/mol. The number of amides is 1. The highest BCUT2D eigenvalue weighted by molar-refractivity contribution is 7.91. The van der Waals surface area contributed by atoms with Gasteiger partial charge in [0.1, 0.15) is 11.5 Å². The molecule has 7 nitrogen and oxygen atoms in total. The van der Waals surface area contributed by atoms with Gasteiger partial charge in [0.25, 0.3) is 0 Å². The molecule has 0 aliphatic carbocycles. The van der Waals surface area contributed by atoms with E-state index in [0.717, 1.165) is 11.1 Å². The van der Waals surface area contributed by atoms with E-state index in [4.69, 9.17) is 16.3 Å². The van der Waals surface area contributed by atoms with Crippen molar-refractivity contribution in [2.45, 2.75) is 25.2 Å². The average Bonchev–Trinajstić information content (AvgIpc) is 2.80. The van der Waals surface area contributed by atoms with Crippen LogP contribution >= 0.6 is 11.6 Å². The Kier molecular flexibility index (Phi) is 8.01. The van der Waals surface area contributed by atoms with Gasteiger partial charge in [0.05, 0.1) is 27.8 Å². The Labute approximate surface area is 204 Å². The molecule has 0 bridgehead atoms. The third kappa shape index (κ3) is 6.59. The van der Waals surface area contributed by atoms with Crippen molar-refractivity contribution >= 4 is 37.4 Å². The minimum atomic E-state index is -3.68. The molecular formula is C24H24ClNO6S2. The number of hydrogen-bond donors (Lipinski definition) is 1. The molecule has 0 aromatic heterocycles. The van der Waals surface area contributed by atoms with E-state index in [1.54, 1.807) is 25.1 Å². The van der Waals surface area contributed by atoms with Crippen molar-refractivity contribution in [3.05, 3.63) is 77.3 Å². The maximum Gasteiger partial charge on any atom is 0.237 e. The zero-order chi connectivity index (χ0) is 24.9. The standard InChI is InChI=1S/C24H24ClNO6S2/c1-3-33(28,29)21-10-11-23(22(25)16-21)32-20-13-17(14-24(27)26-34(30,31)4-2)12-19(15-20)18-8-6-5-7-9-18/h5-13,15-16H,3-4,14H2,1-2H3,(H,26,27). The van der Waals surface area contributed by atoms with Gasteiger partial charge in [-0.05, 0) is 53.9 Å². The number of ether oxygens (including phenoxy) is 1. The molecule has 0 heterocycles. The van der Waals surface area contributed by atoms with E-state index < -0.39 is 25.8 Å². The van der Waals surface area contributed by atoms with Crippen LogP contribution in [0, 0.1) is 0 Å². The van der Waals surface area contributed by atoms with Crippen LogP contribution in [0.5, 0.6) is 11.5 Å². The quantitative estimate of drug-likeness (QED) is 0.441. The number of hydrogen-bond acceptors (Lipinski definition) is 6. The summed E-state index contributed by atoms with van der Waals surface area (Å²) in [6.45, 7) is 2.99. The molecular weight excluding hydrogens is 498 g/mol.